The van der Waals surface area contributed by atoms with Crippen LogP contribution in [0.3, 0.4) is 0 Å². The molecular weight excluding hydrogens is 311 g/mol. The van der Waals surface area contributed by atoms with Crippen LogP contribution in [0.5, 0.6) is 5.75 Å². The highest BCUT2D eigenvalue weighted by Crippen LogP contribution is 2.17. The molecule has 1 aromatic rings. The van der Waals surface area contributed by atoms with Gasteiger partial charge in [-0.25, -0.2) is 0 Å². The van der Waals surface area contributed by atoms with Gasteiger partial charge < -0.3 is 4.74 Å². The number of hydrogen-bond acceptors (Lipinski definition) is 2. The molecule has 0 aromatic heterocycles. The molecule has 18 heavy (non-hydrogen) atoms. The predicted molar refractivity (Wildman–Crippen MR) is 67.8 cm³/mol. The van der Waals surface area contributed by atoms with Gasteiger partial charge in [0.15, 0.2) is 0 Å². The highest BCUT2D eigenvalue weighted by molar-refractivity contribution is 9.10. The van der Waals surface area contributed by atoms with Crippen LogP contribution in [0, 0.1) is 0 Å². The van der Waals surface area contributed by atoms with E-state index in [1.165, 1.54) is 4.90 Å². The minimum atomic E-state index is -4.16. The second-order valence-corrected chi connectivity index (χ2v) is 4.70. The second-order valence-electron chi connectivity index (χ2n) is 3.79. The summed E-state index contributed by atoms with van der Waals surface area (Å²) in [5.41, 5.74) is 0. The lowest BCUT2D eigenvalue weighted by Gasteiger charge is -2.21. The van der Waals surface area contributed by atoms with Gasteiger partial charge in [0.25, 0.3) is 0 Å². The predicted octanol–water partition coefficient (Wildman–Crippen LogP) is 3.71. The van der Waals surface area contributed by atoms with E-state index in [1.807, 2.05) is 12.1 Å². The Morgan fingerprint density at radius 1 is 1.22 bits per heavy atom. The Kier molecular flexibility index (Phi) is 5.95. The summed E-state index contributed by atoms with van der Waals surface area (Å²) in [5, 5.41) is 0. The molecule has 2 nitrogen and oxygen atoms in total. The lowest BCUT2D eigenvalue weighted by Crippen LogP contribution is -2.36. The largest absolute Gasteiger partial charge is 0.492 e. The van der Waals surface area contributed by atoms with Crippen LogP contribution in [0.1, 0.15) is 6.92 Å². The van der Waals surface area contributed by atoms with Crippen LogP contribution < -0.4 is 4.74 Å². The summed E-state index contributed by atoms with van der Waals surface area (Å²) < 4.78 is 42.9. The van der Waals surface area contributed by atoms with Crippen LogP contribution in [0.15, 0.2) is 28.7 Å². The van der Waals surface area contributed by atoms with Crippen LogP contribution in [0.4, 0.5) is 13.2 Å². The van der Waals surface area contributed by atoms with Gasteiger partial charge in [0.05, 0.1) is 6.54 Å². The number of rotatable bonds is 6. The van der Waals surface area contributed by atoms with Crippen LogP contribution in [-0.4, -0.2) is 37.3 Å². The summed E-state index contributed by atoms with van der Waals surface area (Å²) >= 11 is 3.29. The van der Waals surface area contributed by atoms with Crippen molar-refractivity contribution in [3.05, 3.63) is 28.7 Å². The third-order valence-corrected chi connectivity index (χ3v) is 2.87. The molecule has 0 aliphatic carbocycles. The van der Waals surface area contributed by atoms with Gasteiger partial charge in [0.2, 0.25) is 0 Å². The Hall–Kier alpha value is -0.750. The standard InChI is InChI=1S/C12H15BrF3NO/c1-2-17(9-12(14,15)16)7-8-18-11-5-3-10(13)4-6-11/h3-6H,2,7-9H2,1H3. The molecule has 0 aliphatic heterocycles. The summed E-state index contributed by atoms with van der Waals surface area (Å²) in [6.07, 6.45) is -4.16. The summed E-state index contributed by atoms with van der Waals surface area (Å²) in [7, 11) is 0. The maximum Gasteiger partial charge on any atom is 0.401 e. The number of ether oxygens (including phenoxy) is 1. The van der Waals surface area contributed by atoms with E-state index in [-0.39, 0.29) is 13.2 Å². The molecule has 0 atom stereocenters. The Bertz CT molecular complexity index is 353. The molecule has 0 bridgehead atoms. The van der Waals surface area contributed by atoms with E-state index in [2.05, 4.69) is 15.9 Å². The molecule has 1 rings (SSSR count). The van der Waals surface area contributed by atoms with E-state index >= 15 is 0 Å². The zero-order chi connectivity index (χ0) is 13.6. The number of hydrogen-bond donors (Lipinski definition) is 0. The molecular formula is C12H15BrF3NO. The smallest absolute Gasteiger partial charge is 0.401 e. The van der Waals surface area contributed by atoms with E-state index in [4.69, 9.17) is 4.74 Å². The van der Waals surface area contributed by atoms with Crippen molar-refractivity contribution in [1.29, 1.82) is 0 Å². The van der Waals surface area contributed by atoms with Gasteiger partial charge in [0, 0.05) is 11.0 Å². The van der Waals surface area contributed by atoms with E-state index < -0.39 is 12.7 Å². The highest BCUT2D eigenvalue weighted by Gasteiger charge is 2.29. The number of likely N-dealkylation sites (N-methyl/N-ethyl adjacent to an activating group) is 1. The summed E-state index contributed by atoms with van der Waals surface area (Å²) in [6, 6.07) is 7.18. The maximum atomic E-state index is 12.2. The fraction of sp³-hybridized carbons (Fsp3) is 0.500. The van der Waals surface area contributed by atoms with E-state index in [0.29, 0.717) is 12.3 Å². The van der Waals surface area contributed by atoms with Gasteiger partial charge in [0.1, 0.15) is 12.4 Å². The number of nitrogens with zero attached hydrogens (tertiary/aromatic N) is 1. The van der Waals surface area contributed by atoms with Crippen molar-refractivity contribution in [3.63, 3.8) is 0 Å². The quantitative estimate of drug-likeness (QED) is 0.790. The van der Waals surface area contributed by atoms with Crippen molar-refractivity contribution < 1.29 is 17.9 Å². The Morgan fingerprint density at radius 2 is 1.83 bits per heavy atom. The fourth-order valence-corrected chi connectivity index (χ4v) is 1.69. The molecule has 0 aliphatic rings. The van der Waals surface area contributed by atoms with Crippen molar-refractivity contribution in [2.24, 2.45) is 0 Å². The van der Waals surface area contributed by atoms with Gasteiger partial charge in [-0.3, -0.25) is 4.90 Å². The minimum Gasteiger partial charge on any atom is -0.492 e. The first-order valence-electron chi connectivity index (χ1n) is 5.58. The number of benzene rings is 1. The van der Waals surface area contributed by atoms with E-state index in [9.17, 15) is 13.2 Å². The number of alkyl halides is 3. The Morgan fingerprint density at radius 3 is 2.33 bits per heavy atom. The average molecular weight is 326 g/mol. The topological polar surface area (TPSA) is 12.5 Å². The molecule has 6 heteroatoms. The third-order valence-electron chi connectivity index (χ3n) is 2.34. The molecule has 0 spiro atoms. The van der Waals surface area contributed by atoms with Crippen molar-refractivity contribution in [2.45, 2.75) is 13.1 Å². The minimum absolute atomic E-state index is 0.242. The molecule has 0 unspecified atom stereocenters. The molecule has 0 N–H and O–H groups in total. The van der Waals surface area contributed by atoms with E-state index in [1.54, 1.807) is 19.1 Å². The van der Waals surface area contributed by atoms with E-state index in [0.717, 1.165) is 4.47 Å². The Balaban J connectivity index is 2.33. The molecule has 0 saturated heterocycles. The van der Waals surface area contributed by atoms with Crippen LogP contribution >= 0.6 is 15.9 Å². The monoisotopic (exact) mass is 325 g/mol. The first kappa shape index (κ1) is 15.3. The van der Waals surface area contributed by atoms with Gasteiger partial charge in [-0.05, 0) is 30.8 Å². The van der Waals surface area contributed by atoms with Crippen LogP contribution in [-0.2, 0) is 0 Å². The zero-order valence-electron chi connectivity index (χ0n) is 10.0. The Labute approximate surface area is 113 Å². The number of halogens is 4. The normalized spacial score (nSPS) is 11.9. The SMILES string of the molecule is CCN(CCOc1ccc(Br)cc1)CC(F)(F)F. The van der Waals surface area contributed by atoms with Crippen molar-refractivity contribution >= 4 is 15.9 Å². The molecule has 0 fully saturated rings. The first-order chi connectivity index (χ1) is 8.40. The van der Waals surface area contributed by atoms with Gasteiger partial charge in [-0.2, -0.15) is 13.2 Å². The van der Waals surface area contributed by atoms with Crippen LogP contribution in [0.25, 0.3) is 0 Å². The van der Waals surface area contributed by atoms with Crippen molar-refractivity contribution in [3.8, 4) is 5.75 Å². The zero-order valence-corrected chi connectivity index (χ0v) is 11.6. The van der Waals surface area contributed by atoms with Crippen molar-refractivity contribution in [2.75, 3.05) is 26.2 Å². The third kappa shape index (κ3) is 6.26. The van der Waals surface area contributed by atoms with Crippen LogP contribution in [0.2, 0.25) is 0 Å². The lowest BCUT2D eigenvalue weighted by atomic mass is 10.3. The molecule has 1 aromatic carbocycles. The fourth-order valence-electron chi connectivity index (χ4n) is 1.43. The van der Waals surface area contributed by atoms with Gasteiger partial charge in [-0.1, -0.05) is 22.9 Å². The van der Waals surface area contributed by atoms with Crippen molar-refractivity contribution in [1.82, 2.24) is 4.90 Å². The van der Waals surface area contributed by atoms with Gasteiger partial charge in [-0.15, -0.1) is 0 Å². The average Bonchev–Trinajstić information content (AvgIpc) is 2.29. The summed E-state index contributed by atoms with van der Waals surface area (Å²) in [6.45, 7) is 1.65. The molecule has 0 radical (unpaired) electrons. The van der Waals surface area contributed by atoms with Gasteiger partial charge >= 0.3 is 6.18 Å². The summed E-state index contributed by atoms with van der Waals surface area (Å²) in [5.74, 6) is 0.654. The maximum absolute atomic E-state index is 12.2. The molecule has 102 valence electrons. The second kappa shape index (κ2) is 6.99. The lowest BCUT2D eigenvalue weighted by molar-refractivity contribution is -0.146. The molecule has 0 heterocycles. The summed E-state index contributed by atoms with van der Waals surface area (Å²) in [4.78, 5) is 1.30. The first-order valence-corrected chi connectivity index (χ1v) is 6.37. The molecule has 0 amide bonds. The highest BCUT2D eigenvalue weighted by atomic mass is 79.9. The molecule has 0 saturated carbocycles.